The predicted octanol–water partition coefficient (Wildman–Crippen LogP) is 4.26. The van der Waals surface area contributed by atoms with E-state index in [1.54, 1.807) is 6.92 Å². The van der Waals surface area contributed by atoms with Crippen LogP contribution in [0.4, 0.5) is 4.39 Å². The Balaban J connectivity index is 0.000000208. The average Bonchev–Trinajstić information content (AvgIpc) is 3.23. The van der Waals surface area contributed by atoms with Crippen molar-refractivity contribution in [3.8, 4) is 0 Å². The van der Waals surface area contributed by atoms with E-state index in [1.165, 1.54) is 29.8 Å². The lowest BCUT2D eigenvalue weighted by Gasteiger charge is -2.18. The summed E-state index contributed by atoms with van der Waals surface area (Å²) in [6, 6.07) is 5.65. The fourth-order valence-electron chi connectivity index (χ4n) is 3.09. The Morgan fingerprint density at radius 2 is 2.04 bits per heavy atom. The minimum Gasteiger partial charge on any atom is -0.390 e. The van der Waals surface area contributed by atoms with E-state index in [0.717, 1.165) is 17.7 Å². The van der Waals surface area contributed by atoms with Crippen LogP contribution in [0.5, 0.6) is 0 Å². The summed E-state index contributed by atoms with van der Waals surface area (Å²) in [5.41, 5.74) is 4.04. The molecular formula is C22H28FNO3. The largest absolute Gasteiger partial charge is 0.390 e. The molecule has 0 amide bonds. The van der Waals surface area contributed by atoms with Gasteiger partial charge in [0.05, 0.1) is 24.0 Å². The van der Waals surface area contributed by atoms with Gasteiger partial charge >= 0.3 is 0 Å². The first-order valence-electron chi connectivity index (χ1n) is 9.14. The second-order valence-corrected chi connectivity index (χ2v) is 6.81. The van der Waals surface area contributed by atoms with Crippen LogP contribution in [0.2, 0.25) is 0 Å². The van der Waals surface area contributed by atoms with Gasteiger partial charge in [0.1, 0.15) is 11.9 Å². The molecule has 1 aromatic rings. The summed E-state index contributed by atoms with van der Waals surface area (Å²) in [5, 5.41) is 19.5. The molecule has 0 spiro atoms. The van der Waals surface area contributed by atoms with Crippen molar-refractivity contribution in [1.29, 1.82) is 0 Å². The number of aliphatic hydroxyl groups excluding tert-OH is 2. The molecular weight excluding hydrogens is 345 g/mol. The van der Waals surface area contributed by atoms with Gasteiger partial charge in [-0.3, -0.25) is 4.99 Å². The molecule has 1 aromatic carbocycles. The summed E-state index contributed by atoms with van der Waals surface area (Å²) < 4.78 is 18.1. The van der Waals surface area contributed by atoms with E-state index in [0.29, 0.717) is 12.0 Å². The van der Waals surface area contributed by atoms with E-state index in [2.05, 4.69) is 23.7 Å². The Morgan fingerprint density at radius 1 is 1.37 bits per heavy atom. The first kappa shape index (κ1) is 21.2. The molecule has 4 atom stereocenters. The van der Waals surface area contributed by atoms with Crippen molar-refractivity contribution in [2.24, 2.45) is 4.99 Å². The van der Waals surface area contributed by atoms with Gasteiger partial charge in [0.25, 0.3) is 0 Å². The maximum absolute atomic E-state index is 12.7. The summed E-state index contributed by atoms with van der Waals surface area (Å²) in [7, 11) is 0. The quantitative estimate of drug-likeness (QED) is 0.775. The molecule has 2 aliphatic rings. The molecule has 27 heavy (non-hydrogen) atoms. The van der Waals surface area contributed by atoms with Gasteiger partial charge in [0, 0.05) is 19.1 Å². The molecule has 3 rings (SSSR count). The smallest absolute Gasteiger partial charge is 0.123 e. The number of aliphatic imine (C=N–C) groups is 1. The molecule has 0 unspecified atom stereocenters. The number of halogens is 1. The molecule has 0 aromatic heterocycles. The van der Waals surface area contributed by atoms with Crippen molar-refractivity contribution >= 4 is 6.21 Å². The molecule has 1 aliphatic heterocycles. The monoisotopic (exact) mass is 373 g/mol. The maximum Gasteiger partial charge on any atom is 0.123 e. The van der Waals surface area contributed by atoms with Crippen molar-refractivity contribution in [1.82, 2.24) is 0 Å². The van der Waals surface area contributed by atoms with E-state index < -0.39 is 18.3 Å². The lowest BCUT2D eigenvalue weighted by Crippen LogP contribution is -2.18. The molecule has 1 saturated heterocycles. The molecule has 1 fully saturated rings. The average molecular weight is 373 g/mol. The van der Waals surface area contributed by atoms with Gasteiger partial charge in [0.15, 0.2) is 0 Å². The number of benzene rings is 1. The summed E-state index contributed by atoms with van der Waals surface area (Å²) in [6.07, 6.45) is 5.34. The SMILES string of the molecule is C=C(C)C1=C(N=CC)CC=C1.C[C@@H]1O[C@@H]([C@H](O)c2ccc(F)cc2)C[C@H]1O. The fourth-order valence-corrected chi connectivity index (χ4v) is 3.09. The van der Waals surface area contributed by atoms with Crippen LogP contribution < -0.4 is 0 Å². The highest BCUT2D eigenvalue weighted by Crippen LogP contribution is 2.30. The second kappa shape index (κ2) is 9.74. The van der Waals surface area contributed by atoms with Gasteiger partial charge in [-0.2, -0.15) is 0 Å². The fraction of sp³-hybridized carbons (Fsp3) is 0.409. The van der Waals surface area contributed by atoms with Gasteiger partial charge in [-0.05, 0) is 49.6 Å². The summed E-state index contributed by atoms with van der Waals surface area (Å²) in [6.45, 7) is 9.59. The lowest BCUT2D eigenvalue weighted by atomic mass is 10.0. The minimum absolute atomic E-state index is 0.264. The molecule has 2 N–H and O–H groups in total. The Kier molecular flexibility index (Phi) is 7.66. The minimum atomic E-state index is -0.819. The third-order valence-electron chi connectivity index (χ3n) is 4.62. The van der Waals surface area contributed by atoms with Crippen LogP contribution >= 0.6 is 0 Å². The van der Waals surface area contributed by atoms with Crippen molar-refractivity contribution in [3.05, 3.63) is 71.2 Å². The van der Waals surface area contributed by atoms with Crippen molar-refractivity contribution in [2.75, 3.05) is 0 Å². The van der Waals surface area contributed by atoms with Gasteiger partial charge < -0.3 is 14.9 Å². The zero-order valence-electron chi connectivity index (χ0n) is 16.1. The predicted molar refractivity (Wildman–Crippen MR) is 106 cm³/mol. The number of rotatable bonds is 4. The van der Waals surface area contributed by atoms with Crippen LogP contribution in [-0.4, -0.2) is 34.7 Å². The van der Waals surface area contributed by atoms with E-state index in [4.69, 9.17) is 4.74 Å². The normalized spacial score (nSPS) is 25.6. The van der Waals surface area contributed by atoms with Gasteiger partial charge in [-0.25, -0.2) is 4.39 Å². The maximum atomic E-state index is 12.7. The van der Waals surface area contributed by atoms with Crippen LogP contribution in [-0.2, 0) is 4.74 Å². The highest BCUT2D eigenvalue weighted by molar-refractivity contribution is 5.58. The van der Waals surface area contributed by atoms with Crippen LogP contribution in [0.15, 0.2) is 64.8 Å². The zero-order valence-corrected chi connectivity index (χ0v) is 16.1. The highest BCUT2D eigenvalue weighted by Gasteiger charge is 2.35. The number of ether oxygens (including phenoxy) is 1. The molecule has 0 saturated carbocycles. The van der Waals surface area contributed by atoms with Crippen LogP contribution in [0.25, 0.3) is 0 Å². The van der Waals surface area contributed by atoms with Gasteiger partial charge in [-0.1, -0.05) is 30.9 Å². The molecule has 0 radical (unpaired) electrons. The molecule has 1 heterocycles. The Labute approximate surface area is 160 Å². The van der Waals surface area contributed by atoms with E-state index in [9.17, 15) is 14.6 Å². The lowest BCUT2D eigenvalue weighted by molar-refractivity contribution is -0.0380. The molecule has 0 bridgehead atoms. The van der Waals surface area contributed by atoms with Crippen LogP contribution in [0.1, 0.15) is 45.3 Å². The third kappa shape index (κ3) is 5.70. The number of aliphatic hydroxyl groups is 2. The van der Waals surface area contributed by atoms with Crippen molar-refractivity contribution < 1.29 is 19.3 Å². The first-order chi connectivity index (χ1) is 12.8. The third-order valence-corrected chi connectivity index (χ3v) is 4.62. The zero-order chi connectivity index (χ0) is 20.0. The number of allylic oxidation sites excluding steroid dienone is 4. The number of nitrogens with zero attached hydrogens (tertiary/aromatic N) is 1. The molecule has 4 nitrogen and oxygen atoms in total. The van der Waals surface area contributed by atoms with Gasteiger partial charge in [-0.15, -0.1) is 0 Å². The molecule has 1 aliphatic carbocycles. The molecule has 146 valence electrons. The van der Waals surface area contributed by atoms with Crippen molar-refractivity contribution in [3.63, 3.8) is 0 Å². The summed E-state index contributed by atoms with van der Waals surface area (Å²) in [4.78, 5) is 4.26. The number of hydrogen-bond donors (Lipinski definition) is 2. The summed E-state index contributed by atoms with van der Waals surface area (Å²) >= 11 is 0. The Morgan fingerprint density at radius 3 is 2.56 bits per heavy atom. The number of hydrogen-bond acceptors (Lipinski definition) is 4. The topological polar surface area (TPSA) is 62.0 Å². The highest BCUT2D eigenvalue weighted by atomic mass is 19.1. The molecule has 5 heteroatoms. The summed E-state index contributed by atoms with van der Waals surface area (Å²) in [5.74, 6) is -0.336. The van der Waals surface area contributed by atoms with Crippen molar-refractivity contribution in [2.45, 2.75) is 58.0 Å². The van der Waals surface area contributed by atoms with Gasteiger partial charge in [0.2, 0.25) is 0 Å². The standard InChI is InChI=1S/C12H15FO3.C10H13N/c1-7-10(14)6-11(16-7)12(15)8-2-4-9(13)5-3-8;1-4-11-10-7-5-6-9(10)8(2)3/h2-5,7,10-12,14-15H,6H2,1H3;4-6H,2,7H2,1,3H3/t7-,10+,11+,12+;/m0./s1. The van der Waals surface area contributed by atoms with E-state index in [1.807, 2.05) is 20.1 Å². The van der Waals surface area contributed by atoms with Crippen LogP contribution in [0, 0.1) is 5.82 Å². The Hall–Kier alpha value is -2.08. The second-order valence-electron chi connectivity index (χ2n) is 6.81. The Bertz CT molecular complexity index is 726. The van der Waals surface area contributed by atoms with E-state index >= 15 is 0 Å². The van der Waals surface area contributed by atoms with E-state index in [-0.39, 0.29) is 11.9 Å². The van der Waals surface area contributed by atoms with Crippen LogP contribution in [0.3, 0.4) is 0 Å². The first-order valence-corrected chi connectivity index (χ1v) is 9.14.